The molecule has 1 heterocycles. The SMILES string of the molecule is COCC1(CNC(=O)C2CN(Cc3ccccc3)CC2C(=O)O)CCC1. The molecule has 1 aromatic rings. The van der Waals surface area contributed by atoms with E-state index in [1.54, 1.807) is 7.11 Å². The Morgan fingerprint density at radius 1 is 1.23 bits per heavy atom. The van der Waals surface area contributed by atoms with Crippen molar-refractivity contribution in [2.24, 2.45) is 17.3 Å². The van der Waals surface area contributed by atoms with Gasteiger partial charge in [0.25, 0.3) is 0 Å². The lowest BCUT2D eigenvalue weighted by atomic mass is 9.69. The molecule has 1 amide bonds. The molecular weight excluding hydrogens is 332 g/mol. The lowest BCUT2D eigenvalue weighted by Gasteiger charge is -2.41. The molecule has 3 rings (SSSR count). The second-order valence-electron chi connectivity index (χ2n) is 7.74. The lowest BCUT2D eigenvalue weighted by Crippen LogP contribution is -2.47. The first-order valence-electron chi connectivity index (χ1n) is 9.29. The molecule has 0 spiro atoms. The summed E-state index contributed by atoms with van der Waals surface area (Å²) in [7, 11) is 1.68. The van der Waals surface area contributed by atoms with Crippen LogP contribution in [0, 0.1) is 17.3 Å². The van der Waals surface area contributed by atoms with Crippen LogP contribution < -0.4 is 5.32 Å². The summed E-state index contributed by atoms with van der Waals surface area (Å²) in [6.07, 6.45) is 3.26. The molecule has 0 radical (unpaired) electrons. The quantitative estimate of drug-likeness (QED) is 0.738. The number of likely N-dealkylation sites (tertiary alicyclic amines) is 1. The normalized spacial score (nSPS) is 24.8. The number of ether oxygens (including phenoxy) is 1. The zero-order chi connectivity index (χ0) is 18.6. The predicted octanol–water partition coefficient (Wildman–Crippen LogP) is 1.75. The summed E-state index contributed by atoms with van der Waals surface area (Å²) in [5, 5.41) is 12.6. The minimum atomic E-state index is -0.893. The Bertz CT molecular complexity index is 630. The third-order valence-corrected chi connectivity index (χ3v) is 5.80. The molecule has 1 aromatic carbocycles. The number of carbonyl (C=O) groups is 2. The maximum atomic E-state index is 12.7. The van der Waals surface area contributed by atoms with Crippen LogP contribution in [0.1, 0.15) is 24.8 Å². The molecule has 2 unspecified atom stereocenters. The van der Waals surface area contributed by atoms with Crippen molar-refractivity contribution >= 4 is 11.9 Å². The van der Waals surface area contributed by atoms with Gasteiger partial charge < -0.3 is 15.2 Å². The first-order valence-corrected chi connectivity index (χ1v) is 9.29. The number of hydrogen-bond donors (Lipinski definition) is 2. The van der Waals surface area contributed by atoms with Crippen molar-refractivity contribution in [3.8, 4) is 0 Å². The molecule has 6 heteroatoms. The Labute approximate surface area is 154 Å². The smallest absolute Gasteiger partial charge is 0.308 e. The second-order valence-corrected chi connectivity index (χ2v) is 7.74. The maximum absolute atomic E-state index is 12.7. The molecular formula is C20H28N2O4. The molecule has 6 nitrogen and oxygen atoms in total. The second kappa shape index (κ2) is 8.18. The van der Waals surface area contributed by atoms with E-state index in [2.05, 4.69) is 10.2 Å². The summed E-state index contributed by atoms with van der Waals surface area (Å²) in [4.78, 5) is 26.4. The van der Waals surface area contributed by atoms with Crippen LogP contribution in [0.5, 0.6) is 0 Å². The molecule has 0 aromatic heterocycles. The van der Waals surface area contributed by atoms with Gasteiger partial charge >= 0.3 is 5.97 Å². The van der Waals surface area contributed by atoms with Crippen LogP contribution in [0.25, 0.3) is 0 Å². The largest absolute Gasteiger partial charge is 0.481 e. The molecule has 2 atom stereocenters. The number of nitrogens with one attached hydrogen (secondary N) is 1. The van der Waals surface area contributed by atoms with E-state index in [9.17, 15) is 14.7 Å². The molecule has 26 heavy (non-hydrogen) atoms. The first kappa shape index (κ1) is 18.9. The summed E-state index contributed by atoms with van der Waals surface area (Å²) in [6, 6.07) is 9.94. The molecule has 2 N–H and O–H groups in total. The van der Waals surface area contributed by atoms with Crippen molar-refractivity contribution in [3.05, 3.63) is 35.9 Å². The highest BCUT2D eigenvalue weighted by molar-refractivity contribution is 5.85. The van der Waals surface area contributed by atoms with Gasteiger partial charge in [0, 0.05) is 38.7 Å². The molecule has 142 valence electrons. The summed E-state index contributed by atoms with van der Waals surface area (Å²) in [5.41, 5.74) is 1.16. The average molecular weight is 360 g/mol. The van der Waals surface area contributed by atoms with Crippen LogP contribution in [-0.2, 0) is 20.9 Å². The van der Waals surface area contributed by atoms with Crippen LogP contribution in [0.4, 0.5) is 0 Å². The molecule has 2 aliphatic rings. The molecule has 1 aliphatic heterocycles. The summed E-state index contributed by atoms with van der Waals surface area (Å²) in [5.74, 6) is -2.19. The standard InChI is InChI=1S/C20H28N2O4/c1-26-14-20(8-5-9-20)13-21-18(23)16-11-22(12-17(16)19(24)25)10-15-6-3-2-4-7-15/h2-4,6-7,16-17H,5,8-14H2,1H3,(H,21,23)(H,24,25). The zero-order valence-corrected chi connectivity index (χ0v) is 15.3. The summed E-state index contributed by atoms with van der Waals surface area (Å²) < 4.78 is 5.30. The summed E-state index contributed by atoms with van der Waals surface area (Å²) >= 11 is 0. The van der Waals surface area contributed by atoms with E-state index in [1.165, 1.54) is 0 Å². The number of carboxylic acids is 1. The fourth-order valence-corrected chi connectivity index (χ4v) is 4.13. The zero-order valence-electron chi connectivity index (χ0n) is 15.3. The predicted molar refractivity (Wildman–Crippen MR) is 97.5 cm³/mol. The monoisotopic (exact) mass is 360 g/mol. The van der Waals surface area contributed by atoms with Gasteiger partial charge in [0.2, 0.25) is 5.91 Å². The molecule has 1 aliphatic carbocycles. The van der Waals surface area contributed by atoms with E-state index < -0.39 is 17.8 Å². The van der Waals surface area contributed by atoms with E-state index >= 15 is 0 Å². The van der Waals surface area contributed by atoms with Crippen molar-refractivity contribution in [2.45, 2.75) is 25.8 Å². The Balaban J connectivity index is 1.59. The van der Waals surface area contributed by atoms with E-state index in [0.717, 1.165) is 24.8 Å². The molecule has 1 saturated carbocycles. The van der Waals surface area contributed by atoms with Crippen LogP contribution in [0.15, 0.2) is 30.3 Å². The molecule has 0 bridgehead atoms. The number of methoxy groups -OCH3 is 1. The number of carbonyl (C=O) groups excluding carboxylic acids is 1. The fourth-order valence-electron chi connectivity index (χ4n) is 4.13. The molecule has 2 fully saturated rings. The van der Waals surface area contributed by atoms with E-state index in [-0.39, 0.29) is 11.3 Å². The van der Waals surface area contributed by atoms with Crippen molar-refractivity contribution in [3.63, 3.8) is 0 Å². The number of rotatable bonds is 8. The number of benzene rings is 1. The van der Waals surface area contributed by atoms with Crippen LogP contribution in [-0.4, -0.2) is 55.2 Å². The van der Waals surface area contributed by atoms with Gasteiger partial charge in [-0.25, -0.2) is 0 Å². The van der Waals surface area contributed by atoms with E-state index in [0.29, 0.717) is 32.8 Å². The highest BCUT2D eigenvalue weighted by Crippen LogP contribution is 2.40. The minimum absolute atomic E-state index is 0.0332. The van der Waals surface area contributed by atoms with Crippen molar-refractivity contribution in [1.82, 2.24) is 10.2 Å². The van der Waals surface area contributed by atoms with Gasteiger partial charge in [-0.1, -0.05) is 36.8 Å². The number of aliphatic carboxylic acids is 1. The van der Waals surface area contributed by atoms with Crippen molar-refractivity contribution < 1.29 is 19.4 Å². The van der Waals surface area contributed by atoms with E-state index in [4.69, 9.17) is 4.74 Å². The Kier molecular flexibility index (Phi) is 5.94. The van der Waals surface area contributed by atoms with Gasteiger partial charge in [-0.3, -0.25) is 14.5 Å². The number of carboxylic acid groups (broad SMARTS) is 1. The Hall–Kier alpha value is -1.92. The third-order valence-electron chi connectivity index (χ3n) is 5.80. The minimum Gasteiger partial charge on any atom is -0.481 e. The lowest BCUT2D eigenvalue weighted by molar-refractivity contribution is -0.145. The Morgan fingerprint density at radius 3 is 2.50 bits per heavy atom. The topological polar surface area (TPSA) is 78.9 Å². The van der Waals surface area contributed by atoms with Crippen LogP contribution in [0.3, 0.4) is 0 Å². The van der Waals surface area contributed by atoms with E-state index in [1.807, 2.05) is 30.3 Å². The van der Waals surface area contributed by atoms with Gasteiger partial charge in [0.1, 0.15) is 0 Å². The number of amides is 1. The number of hydrogen-bond acceptors (Lipinski definition) is 4. The average Bonchev–Trinajstić information content (AvgIpc) is 3.02. The Morgan fingerprint density at radius 2 is 1.92 bits per heavy atom. The first-order chi connectivity index (χ1) is 12.5. The molecule has 1 saturated heterocycles. The maximum Gasteiger partial charge on any atom is 0.308 e. The van der Waals surface area contributed by atoms with Gasteiger partial charge in [-0.2, -0.15) is 0 Å². The highest BCUT2D eigenvalue weighted by atomic mass is 16.5. The highest BCUT2D eigenvalue weighted by Gasteiger charge is 2.43. The number of nitrogens with zero attached hydrogens (tertiary/aromatic N) is 1. The van der Waals surface area contributed by atoms with Gasteiger partial charge in [0.05, 0.1) is 18.4 Å². The fraction of sp³-hybridized carbons (Fsp3) is 0.600. The van der Waals surface area contributed by atoms with Crippen molar-refractivity contribution in [2.75, 3.05) is 33.4 Å². The van der Waals surface area contributed by atoms with Gasteiger partial charge in [-0.15, -0.1) is 0 Å². The van der Waals surface area contributed by atoms with Crippen LogP contribution >= 0.6 is 0 Å². The van der Waals surface area contributed by atoms with Gasteiger partial charge in [-0.05, 0) is 18.4 Å². The van der Waals surface area contributed by atoms with Gasteiger partial charge in [0.15, 0.2) is 0 Å². The summed E-state index contributed by atoms with van der Waals surface area (Å²) in [6.45, 7) is 2.77. The van der Waals surface area contributed by atoms with Crippen LogP contribution in [0.2, 0.25) is 0 Å². The van der Waals surface area contributed by atoms with Crippen molar-refractivity contribution in [1.29, 1.82) is 0 Å². The third kappa shape index (κ3) is 4.24.